The van der Waals surface area contributed by atoms with Crippen LogP contribution in [0.15, 0.2) is 24.3 Å². The summed E-state index contributed by atoms with van der Waals surface area (Å²) in [5.41, 5.74) is 2.07. The highest BCUT2D eigenvalue weighted by Crippen LogP contribution is 2.35. The molecule has 0 aromatic heterocycles. The maximum atomic E-state index is 12.2. The third-order valence-electron chi connectivity index (χ3n) is 3.96. The van der Waals surface area contributed by atoms with Gasteiger partial charge >= 0.3 is 0 Å². The Labute approximate surface area is 128 Å². The molecule has 1 fully saturated rings. The van der Waals surface area contributed by atoms with E-state index >= 15 is 0 Å². The van der Waals surface area contributed by atoms with Crippen molar-refractivity contribution in [3.63, 3.8) is 0 Å². The molecule has 1 aliphatic carbocycles. The van der Waals surface area contributed by atoms with Crippen molar-refractivity contribution in [2.24, 2.45) is 0 Å². The Morgan fingerprint density at radius 3 is 2.42 bits per heavy atom. The summed E-state index contributed by atoms with van der Waals surface area (Å²) >= 11 is 5.26. The van der Waals surface area contributed by atoms with Crippen LogP contribution >= 0.6 is 27.7 Å². The summed E-state index contributed by atoms with van der Waals surface area (Å²) in [6.07, 6.45) is 5.98. The molecule has 1 saturated carbocycles. The van der Waals surface area contributed by atoms with E-state index in [1.165, 1.54) is 43.0 Å². The molecule has 104 valence electrons. The van der Waals surface area contributed by atoms with Crippen molar-refractivity contribution in [2.75, 3.05) is 0 Å². The van der Waals surface area contributed by atoms with Gasteiger partial charge in [0.25, 0.3) is 0 Å². The van der Waals surface area contributed by atoms with E-state index < -0.39 is 0 Å². The first-order chi connectivity index (χ1) is 9.03. The minimum Gasteiger partial charge on any atom is -0.282 e. The number of thioether (sulfide) groups is 1. The van der Waals surface area contributed by atoms with Gasteiger partial charge in [-0.3, -0.25) is 4.79 Å². The van der Waals surface area contributed by atoms with Crippen molar-refractivity contribution in [3.05, 3.63) is 35.4 Å². The molecule has 0 N–H and O–H groups in total. The van der Waals surface area contributed by atoms with Crippen LogP contribution in [0.3, 0.4) is 0 Å². The average molecular weight is 341 g/mol. The monoisotopic (exact) mass is 340 g/mol. The van der Waals surface area contributed by atoms with Crippen molar-refractivity contribution in [2.45, 2.75) is 55.5 Å². The summed E-state index contributed by atoms with van der Waals surface area (Å²) in [5.74, 6) is 0. The first-order valence-corrected chi connectivity index (χ1v) is 8.70. The van der Waals surface area contributed by atoms with Crippen LogP contribution in [0.5, 0.6) is 0 Å². The Balaban J connectivity index is 2.03. The smallest absolute Gasteiger partial charge is 0.219 e. The molecule has 1 aromatic rings. The van der Waals surface area contributed by atoms with Gasteiger partial charge in [0, 0.05) is 15.1 Å². The normalized spacial score (nSPS) is 19.3. The summed E-state index contributed by atoms with van der Waals surface area (Å²) < 4.78 is 0.00712. The Hall–Kier alpha value is -0.280. The van der Waals surface area contributed by atoms with Crippen LogP contribution in [0, 0.1) is 0 Å². The van der Waals surface area contributed by atoms with Crippen LogP contribution in [0.4, 0.5) is 0 Å². The summed E-state index contributed by atoms with van der Waals surface area (Å²) in [5, 5.41) is 0.774. The van der Waals surface area contributed by atoms with Gasteiger partial charge in [-0.2, -0.15) is 0 Å². The molecule has 1 aromatic carbocycles. The van der Waals surface area contributed by atoms with Gasteiger partial charge in [0.2, 0.25) is 5.12 Å². The second-order valence-corrected chi connectivity index (χ2v) is 8.46. The Morgan fingerprint density at radius 1 is 1.32 bits per heavy atom. The van der Waals surface area contributed by atoms with Gasteiger partial charge in [0.05, 0.1) is 0 Å². The third kappa shape index (κ3) is 3.85. The van der Waals surface area contributed by atoms with E-state index in [2.05, 4.69) is 41.9 Å². The molecule has 3 heteroatoms. The molecule has 0 amide bonds. The third-order valence-corrected chi connectivity index (χ3v) is 6.24. The number of hydrogen-bond acceptors (Lipinski definition) is 2. The first-order valence-electron chi connectivity index (χ1n) is 7.03. The standard InChI is InChI=1S/C16H21BrOS/c1-3-16(2,17)13-10-8-12(9-11-13)15(18)19-14-6-4-5-7-14/h8-11,14H,3-7H2,1-2H3. The molecule has 1 atom stereocenters. The molecular formula is C16H21BrOS. The fourth-order valence-corrected chi connectivity index (χ4v) is 3.79. The number of carbonyl (C=O) groups is 1. The van der Waals surface area contributed by atoms with Gasteiger partial charge in [-0.05, 0) is 31.7 Å². The zero-order chi connectivity index (χ0) is 13.9. The minimum absolute atomic E-state index is 0.00712. The summed E-state index contributed by atoms with van der Waals surface area (Å²) in [7, 11) is 0. The second kappa shape index (κ2) is 6.45. The fraction of sp³-hybridized carbons (Fsp3) is 0.562. The summed E-state index contributed by atoms with van der Waals surface area (Å²) in [4.78, 5) is 12.2. The molecule has 2 rings (SSSR count). The van der Waals surface area contributed by atoms with Crippen molar-refractivity contribution in [1.29, 1.82) is 0 Å². The quantitative estimate of drug-likeness (QED) is 0.671. The lowest BCUT2D eigenvalue weighted by molar-refractivity contribution is 0.108. The number of halogens is 1. The summed E-state index contributed by atoms with van der Waals surface area (Å²) in [6.45, 7) is 4.32. The zero-order valence-corrected chi connectivity index (χ0v) is 14.0. The number of alkyl halides is 1. The maximum absolute atomic E-state index is 12.2. The van der Waals surface area contributed by atoms with E-state index in [0.29, 0.717) is 5.25 Å². The Bertz CT molecular complexity index is 433. The van der Waals surface area contributed by atoms with E-state index in [9.17, 15) is 4.79 Å². The highest BCUT2D eigenvalue weighted by molar-refractivity contribution is 9.09. The van der Waals surface area contributed by atoms with E-state index in [1.54, 1.807) is 0 Å². The van der Waals surface area contributed by atoms with Crippen LogP contribution in [0.1, 0.15) is 61.9 Å². The highest BCUT2D eigenvalue weighted by atomic mass is 79.9. The van der Waals surface area contributed by atoms with Crippen molar-refractivity contribution in [1.82, 2.24) is 0 Å². The van der Waals surface area contributed by atoms with E-state index in [0.717, 1.165) is 12.0 Å². The van der Waals surface area contributed by atoms with Crippen LogP contribution in [0.2, 0.25) is 0 Å². The molecule has 1 unspecified atom stereocenters. The van der Waals surface area contributed by atoms with Crippen molar-refractivity contribution in [3.8, 4) is 0 Å². The van der Waals surface area contributed by atoms with E-state index in [1.807, 2.05) is 12.1 Å². The van der Waals surface area contributed by atoms with Crippen LogP contribution in [-0.2, 0) is 4.32 Å². The van der Waals surface area contributed by atoms with Crippen molar-refractivity contribution >= 4 is 32.8 Å². The lowest BCUT2D eigenvalue weighted by atomic mass is 9.97. The van der Waals surface area contributed by atoms with Gasteiger partial charge in [-0.25, -0.2) is 0 Å². The molecule has 0 heterocycles. The van der Waals surface area contributed by atoms with Crippen LogP contribution < -0.4 is 0 Å². The minimum atomic E-state index is 0.00712. The lowest BCUT2D eigenvalue weighted by Gasteiger charge is -2.21. The van der Waals surface area contributed by atoms with Gasteiger partial charge in [-0.15, -0.1) is 0 Å². The van der Waals surface area contributed by atoms with E-state index in [4.69, 9.17) is 0 Å². The first kappa shape index (κ1) is 15.1. The number of rotatable bonds is 4. The molecular weight excluding hydrogens is 320 g/mol. The molecule has 0 radical (unpaired) electrons. The van der Waals surface area contributed by atoms with E-state index in [-0.39, 0.29) is 9.44 Å². The Morgan fingerprint density at radius 2 is 1.89 bits per heavy atom. The van der Waals surface area contributed by atoms with Gasteiger partial charge in [-0.1, -0.05) is 71.7 Å². The molecule has 0 saturated heterocycles. The number of benzene rings is 1. The lowest BCUT2D eigenvalue weighted by Crippen LogP contribution is -2.11. The van der Waals surface area contributed by atoms with Gasteiger partial charge in [0.1, 0.15) is 0 Å². The van der Waals surface area contributed by atoms with Gasteiger partial charge < -0.3 is 0 Å². The van der Waals surface area contributed by atoms with Crippen LogP contribution in [0.25, 0.3) is 0 Å². The maximum Gasteiger partial charge on any atom is 0.219 e. The molecule has 19 heavy (non-hydrogen) atoms. The fourth-order valence-electron chi connectivity index (χ4n) is 2.38. The molecule has 0 spiro atoms. The molecule has 0 bridgehead atoms. The SMILES string of the molecule is CCC(C)(Br)c1ccc(C(=O)SC2CCCC2)cc1. The second-order valence-electron chi connectivity index (χ2n) is 5.44. The molecule has 1 aliphatic rings. The number of hydrogen-bond donors (Lipinski definition) is 0. The zero-order valence-electron chi connectivity index (χ0n) is 11.6. The Kier molecular flexibility index (Phi) is 5.13. The topological polar surface area (TPSA) is 17.1 Å². The summed E-state index contributed by atoms with van der Waals surface area (Å²) in [6, 6.07) is 8.07. The van der Waals surface area contributed by atoms with Crippen molar-refractivity contribution < 1.29 is 4.79 Å². The molecule has 1 nitrogen and oxygen atoms in total. The largest absolute Gasteiger partial charge is 0.282 e. The van der Waals surface area contributed by atoms with Crippen LogP contribution in [-0.4, -0.2) is 10.4 Å². The average Bonchev–Trinajstić information content (AvgIpc) is 2.91. The van der Waals surface area contributed by atoms with Gasteiger partial charge in [0.15, 0.2) is 0 Å². The molecule has 0 aliphatic heterocycles. The highest BCUT2D eigenvalue weighted by Gasteiger charge is 2.22. The predicted octanol–water partition coefficient (Wildman–Crippen LogP) is 5.52. The predicted molar refractivity (Wildman–Crippen MR) is 87.2 cm³/mol. The number of carbonyl (C=O) groups excluding carboxylic acids is 1.